The van der Waals surface area contributed by atoms with Gasteiger partial charge in [-0.05, 0) is 24.6 Å². The average molecular weight is 360 g/mol. The minimum absolute atomic E-state index is 0.000000000000000222. The number of ketones is 1. The van der Waals surface area contributed by atoms with Crippen LogP contribution in [0.5, 0.6) is 0 Å². The Hall–Kier alpha value is -3.62. The van der Waals surface area contributed by atoms with Crippen LogP contribution >= 0.6 is 0 Å². The van der Waals surface area contributed by atoms with E-state index < -0.39 is 9.85 Å². The summed E-state index contributed by atoms with van der Waals surface area (Å²) in [6.45, 7) is 1.42. The fourth-order valence-electron chi connectivity index (χ4n) is 1.79. The summed E-state index contributed by atoms with van der Waals surface area (Å²) in [5, 5.41) is 20.5. The van der Waals surface area contributed by atoms with Crippen LogP contribution in [-0.4, -0.2) is 28.7 Å². The summed E-state index contributed by atoms with van der Waals surface area (Å²) in [6, 6.07) is 11.3. The van der Waals surface area contributed by atoms with Crippen molar-refractivity contribution >= 4 is 23.1 Å². The van der Waals surface area contributed by atoms with Crippen LogP contribution in [0.3, 0.4) is 0 Å². The molecule has 0 amide bonds. The number of nitrogens with zero attached hydrogens (tertiary/aromatic N) is 2. The molecule has 0 aliphatic carbocycles. The molecule has 0 fully saturated rings. The summed E-state index contributed by atoms with van der Waals surface area (Å²) in [5.41, 5.74) is 1.20. The second-order valence-corrected chi connectivity index (χ2v) is 5.04. The maximum Gasteiger partial charge on any atom is 0.309 e. The van der Waals surface area contributed by atoms with E-state index in [2.05, 4.69) is 4.74 Å². The number of rotatable bonds is 5. The third-order valence-electron chi connectivity index (χ3n) is 3.21. The molecule has 0 N–H and O–H groups in total. The largest absolute Gasteiger partial charge is 0.469 e. The van der Waals surface area contributed by atoms with Crippen LogP contribution < -0.4 is 0 Å². The number of Topliss-reactive ketones (excluding diaryl/α,β-unsaturated/α-hetero) is 1. The van der Waals surface area contributed by atoms with Gasteiger partial charge in [0.15, 0.2) is 5.78 Å². The molecular weight excluding hydrogens is 344 g/mol. The number of methoxy groups -OCH3 is 1. The van der Waals surface area contributed by atoms with Crippen molar-refractivity contribution in [3.05, 3.63) is 79.9 Å². The number of hydrogen-bond donors (Lipinski definition) is 0. The lowest BCUT2D eigenvalue weighted by Gasteiger charge is -1.98. The Morgan fingerprint density at radius 2 is 1.31 bits per heavy atom. The van der Waals surface area contributed by atoms with Gasteiger partial charge >= 0.3 is 5.97 Å². The van der Waals surface area contributed by atoms with E-state index >= 15 is 0 Å². The van der Waals surface area contributed by atoms with Crippen molar-refractivity contribution in [1.82, 2.24) is 0 Å². The van der Waals surface area contributed by atoms with E-state index in [9.17, 15) is 29.8 Å². The SMILES string of the molecule is CC(=O)c1ccc([N+](=O)[O-])cc1.COC(=O)Cc1ccc([N+](=O)[O-])cc1. The molecule has 0 aromatic heterocycles. The molecule has 26 heavy (non-hydrogen) atoms. The number of hydrogen-bond acceptors (Lipinski definition) is 7. The predicted octanol–water partition coefficient (Wildman–Crippen LogP) is 3.11. The standard InChI is InChI=1S/C9H9NO4.C8H7NO3/c1-14-9(11)6-7-2-4-8(5-3-7)10(12)13;1-6(10)7-2-4-8(5-3-7)9(11)12/h2-5H,6H2,1H3;2-5H,1H3. The van der Waals surface area contributed by atoms with Gasteiger partial charge < -0.3 is 4.74 Å². The summed E-state index contributed by atoms with van der Waals surface area (Å²) in [4.78, 5) is 41.1. The molecule has 2 aromatic carbocycles. The first kappa shape index (κ1) is 20.4. The molecule has 0 radical (unpaired) electrons. The summed E-state index contributed by atoms with van der Waals surface area (Å²) >= 11 is 0. The molecule has 0 spiro atoms. The van der Waals surface area contributed by atoms with E-state index in [1.165, 1.54) is 62.6 Å². The van der Waals surface area contributed by atoms with E-state index in [-0.39, 0.29) is 29.5 Å². The van der Waals surface area contributed by atoms with Crippen molar-refractivity contribution in [2.24, 2.45) is 0 Å². The number of ether oxygens (including phenoxy) is 1. The molecule has 0 unspecified atom stereocenters. The lowest BCUT2D eigenvalue weighted by atomic mass is 10.1. The maximum absolute atomic E-state index is 10.8. The Labute approximate surface area is 148 Å². The molecule has 2 aromatic rings. The van der Waals surface area contributed by atoms with E-state index in [1.54, 1.807) is 0 Å². The molecule has 0 bridgehead atoms. The topological polar surface area (TPSA) is 130 Å². The van der Waals surface area contributed by atoms with Crippen molar-refractivity contribution < 1.29 is 24.2 Å². The Kier molecular flexibility index (Phi) is 7.56. The van der Waals surface area contributed by atoms with Crippen molar-refractivity contribution in [2.75, 3.05) is 7.11 Å². The monoisotopic (exact) mass is 360 g/mol. The van der Waals surface area contributed by atoms with Crippen LogP contribution in [0, 0.1) is 20.2 Å². The first-order valence-corrected chi connectivity index (χ1v) is 7.30. The molecule has 9 heteroatoms. The molecule has 0 saturated carbocycles. The number of benzene rings is 2. The normalized spacial score (nSPS) is 9.46. The highest BCUT2D eigenvalue weighted by atomic mass is 16.6. The van der Waals surface area contributed by atoms with Gasteiger partial charge in [-0.1, -0.05) is 12.1 Å². The highest BCUT2D eigenvalue weighted by Crippen LogP contribution is 2.13. The molecule has 0 atom stereocenters. The highest BCUT2D eigenvalue weighted by molar-refractivity contribution is 5.94. The Morgan fingerprint density at radius 1 is 0.885 bits per heavy atom. The molecule has 136 valence electrons. The smallest absolute Gasteiger partial charge is 0.309 e. The van der Waals surface area contributed by atoms with Crippen LogP contribution in [0.15, 0.2) is 48.5 Å². The number of nitro benzene ring substituents is 2. The third kappa shape index (κ3) is 6.48. The van der Waals surface area contributed by atoms with E-state index in [0.29, 0.717) is 11.1 Å². The van der Waals surface area contributed by atoms with Crippen LogP contribution in [0.1, 0.15) is 22.8 Å². The van der Waals surface area contributed by atoms with Crippen LogP contribution in [-0.2, 0) is 16.0 Å². The summed E-state index contributed by atoms with van der Waals surface area (Å²) in [5.74, 6) is -0.455. The minimum Gasteiger partial charge on any atom is -0.469 e. The average Bonchev–Trinajstić information content (AvgIpc) is 2.62. The van der Waals surface area contributed by atoms with Gasteiger partial charge in [0.05, 0.1) is 23.4 Å². The molecule has 9 nitrogen and oxygen atoms in total. The van der Waals surface area contributed by atoms with Gasteiger partial charge in [0.2, 0.25) is 0 Å². The predicted molar refractivity (Wildman–Crippen MR) is 91.9 cm³/mol. The third-order valence-corrected chi connectivity index (χ3v) is 3.21. The van der Waals surface area contributed by atoms with Gasteiger partial charge in [-0.2, -0.15) is 0 Å². The molecule has 2 rings (SSSR count). The minimum atomic E-state index is -0.496. The number of carbonyl (C=O) groups is 2. The van der Waals surface area contributed by atoms with Crippen LogP contribution in [0.25, 0.3) is 0 Å². The second-order valence-electron chi connectivity index (χ2n) is 5.04. The van der Waals surface area contributed by atoms with Crippen LogP contribution in [0.2, 0.25) is 0 Å². The zero-order chi connectivity index (χ0) is 19.7. The van der Waals surface area contributed by atoms with Gasteiger partial charge in [0, 0.05) is 29.8 Å². The first-order valence-electron chi connectivity index (χ1n) is 7.30. The Balaban J connectivity index is 0.000000263. The van der Waals surface area contributed by atoms with Gasteiger partial charge in [0.25, 0.3) is 11.4 Å². The second kappa shape index (κ2) is 9.62. The zero-order valence-corrected chi connectivity index (χ0v) is 14.1. The Morgan fingerprint density at radius 3 is 1.65 bits per heavy atom. The molecule has 0 heterocycles. The van der Waals surface area contributed by atoms with E-state index in [0.717, 1.165) is 0 Å². The summed E-state index contributed by atoms with van der Waals surface area (Å²) < 4.78 is 4.46. The zero-order valence-electron chi connectivity index (χ0n) is 14.1. The van der Waals surface area contributed by atoms with Gasteiger partial charge in [-0.3, -0.25) is 29.8 Å². The van der Waals surface area contributed by atoms with E-state index in [4.69, 9.17) is 0 Å². The number of carbonyl (C=O) groups excluding carboxylic acids is 2. The van der Waals surface area contributed by atoms with Crippen LogP contribution in [0.4, 0.5) is 11.4 Å². The summed E-state index contributed by atoms with van der Waals surface area (Å²) in [7, 11) is 1.30. The fourth-order valence-corrected chi connectivity index (χ4v) is 1.79. The van der Waals surface area contributed by atoms with Crippen molar-refractivity contribution in [2.45, 2.75) is 13.3 Å². The first-order chi connectivity index (χ1) is 12.2. The Bertz CT molecular complexity index is 766. The lowest BCUT2D eigenvalue weighted by Crippen LogP contribution is -2.04. The maximum atomic E-state index is 10.8. The molecule has 0 aliphatic rings. The van der Waals surface area contributed by atoms with Crippen molar-refractivity contribution in [3.8, 4) is 0 Å². The lowest BCUT2D eigenvalue weighted by molar-refractivity contribution is -0.385. The number of non-ortho nitro benzene ring substituents is 2. The number of nitro groups is 2. The highest BCUT2D eigenvalue weighted by Gasteiger charge is 2.07. The quantitative estimate of drug-likeness (QED) is 0.346. The van der Waals surface area contributed by atoms with Crippen molar-refractivity contribution in [3.63, 3.8) is 0 Å². The fraction of sp³-hybridized carbons (Fsp3) is 0.176. The van der Waals surface area contributed by atoms with Gasteiger partial charge in [-0.25, -0.2) is 0 Å². The summed E-state index contributed by atoms with van der Waals surface area (Å²) in [6.07, 6.45) is 0.133. The van der Waals surface area contributed by atoms with Gasteiger partial charge in [-0.15, -0.1) is 0 Å². The molecule has 0 saturated heterocycles. The van der Waals surface area contributed by atoms with Crippen molar-refractivity contribution in [1.29, 1.82) is 0 Å². The molecular formula is C17H16N2O7. The molecule has 0 aliphatic heterocycles. The van der Waals surface area contributed by atoms with E-state index in [1.807, 2.05) is 0 Å². The number of esters is 1. The van der Waals surface area contributed by atoms with Gasteiger partial charge in [0.1, 0.15) is 0 Å².